The van der Waals surface area contributed by atoms with Gasteiger partial charge in [-0.2, -0.15) is 0 Å². The number of piperidine rings is 1. The van der Waals surface area contributed by atoms with Crippen LogP contribution in [0.25, 0.3) is 0 Å². The fraction of sp³-hybridized carbons (Fsp3) is 0.581. The summed E-state index contributed by atoms with van der Waals surface area (Å²) in [6.45, 7) is 3.85. The van der Waals surface area contributed by atoms with E-state index in [1.165, 1.54) is 12.7 Å². The number of hydrogen-bond acceptors (Lipinski definition) is 6. The molecule has 2 aliphatic rings. The van der Waals surface area contributed by atoms with Crippen molar-refractivity contribution in [2.45, 2.75) is 76.2 Å². The summed E-state index contributed by atoms with van der Waals surface area (Å²) in [5, 5.41) is 27.3. The maximum Gasteiger partial charge on any atom is 0.406 e. The average Bonchev–Trinajstić information content (AvgIpc) is 3.37. The normalized spacial score (nSPS) is 24.2. The Hall–Kier alpha value is -2.16. The van der Waals surface area contributed by atoms with Crippen LogP contribution in [-0.2, 0) is 16.8 Å². The molecule has 1 amide bonds. The van der Waals surface area contributed by atoms with Gasteiger partial charge < -0.3 is 26.0 Å². The van der Waals surface area contributed by atoms with Crippen LogP contribution in [-0.4, -0.2) is 60.2 Å². The molecule has 1 aliphatic carbocycles. The first-order valence-corrected chi connectivity index (χ1v) is 14.6. The van der Waals surface area contributed by atoms with Crippen molar-refractivity contribution in [2.75, 3.05) is 26.7 Å². The molecule has 5 atom stereocenters. The average molecular weight is 558 g/mol. The van der Waals surface area contributed by atoms with Crippen LogP contribution in [0, 0.1) is 18.8 Å². The molecule has 39 heavy (non-hydrogen) atoms. The van der Waals surface area contributed by atoms with Gasteiger partial charge in [-0.15, -0.1) is 0 Å². The van der Waals surface area contributed by atoms with Gasteiger partial charge in [-0.25, -0.2) is 4.79 Å². The van der Waals surface area contributed by atoms with E-state index >= 15 is 0 Å². The van der Waals surface area contributed by atoms with E-state index in [-0.39, 0.29) is 17.9 Å². The number of carbonyl (C=O) groups excluding carboxylic acids is 1. The highest BCUT2D eigenvalue weighted by Gasteiger charge is 2.44. The van der Waals surface area contributed by atoms with Crippen molar-refractivity contribution in [1.29, 1.82) is 0 Å². The van der Waals surface area contributed by atoms with E-state index in [9.17, 15) is 15.0 Å². The Morgan fingerprint density at radius 1 is 1.26 bits per heavy atom. The quantitative estimate of drug-likeness (QED) is 0.315. The zero-order chi connectivity index (χ0) is 28.0. The molecule has 5 N–H and O–H groups in total. The van der Waals surface area contributed by atoms with E-state index in [1.807, 2.05) is 24.3 Å². The summed E-state index contributed by atoms with van der Waals surface area (Å²) < 4.78 is 4.72. The maximum absolute atomic E-state index is 12.6. The molecule has 0 spiro atoms. The van der Waals surface area contributed by atoms with Gasteiger partial charge >= 0.3 is 6.09 Å². The Morgan fingerprint density at radius 2 is 2.05 bits per heavy atom. The standard InChI is InChI=1S/C31H44ClN3O4/c1-21-7-3-8-22(17-21)18-26-27(10-4-11-28(26)32)31(38,14-6-15-34-30(37)39-2)24-9-5-16-35(20-24)29(36)23-12-13-25(33)19-23/h3-4,7-8,10-11,17,23-25,29,36,38H,5-6,9,12-16,18-20,33H2,1-2H3,(H,34,37)/t23-,24-,25+,29?,31+/m1/s1. The molecule has 2 fully saturated rings. The van der Waals surface area contributed by atoms with Crippen LogP contribution in [0.2, 0.25) is 5.02 Å². The zero-order valence-electron chi connectivity index (χ0n) is 23.2. The number of ether oxygens (including phenoxy) is 1. The van der Waals surface area contributed by atoms with Crippen LogP contribution in [0.5, 0.6) is 0 Å². The number of methoxy groups -OCH3 is 1. The number of nitrogens with two attached hydrogens (primary N) is 1. The number of nitrogens with zero attached hydrogens (tertiary/aromatic N) is 1. The summed E-state index contributed by atoms with van der Waals surface area (Å²) in [6.07, 6.45) is 5.02. The number of carbonyl (C=O) groups is 1. The number of hydrogen-bond donors (Lipinski definition) is 4. The van der Waals surface area contributed by atoms with Crippen molar-refractivity contribution in [3.05, 3.63) is 69.7 Å². The van der Waals surface area contributed by atoms with Gasteiger partial charge in [0.15, 0.2) is 0 Å². The molecule has 1 unspecified atom stereocenters. The highest BCUT2D eigenvalue weighted by Crippen LogP contribution is 2.43. The van der Waals surface area contributed by atoms with Crippen molar-refractivity contribution in [3.63, 3.8) is 0 Å². The van der Waals surface area contributed by atoms with Gasteiger partial charge in [0.05, 0.1) is 12.7 Å². The predicted octanol–water partition coefficient (Wildman–Crippen LogP) is 4.72. The molecule has 0 aromatic heterocycles. The molecule has 2 aromatic carbocycles. The van der Waals surface area contributed by atoms with Gasteiger partial charge in [0, 0.05) is 42.5 Å². The molecule has 0 radical (unpaired) electrons. The summed E-state index contributed by atoms with van der Waals surface area (Å²) in [6, 6.07) is 14.3. The second-order valence-corrected chi connectivity index (χ2v) is 11.9. The van der Waals surface area contributed by atoms with Gasteiger partial charge in [0.2, 0.25) is 0 Å². The number of benzene rings is 2. The number of likely N-dealkylation sites (tertiary alicyclic amines) is 1. The van der Waals surface area contributed by atoms with E-state index in [0.29, 0.717) is 37.4 Å². The fourth-order valence-corrected chi connectivity index (χ4v) is 6.85. The Kier molecular flexibility index (Phi) is 10.3. The Morgan fingerprint density at radius 3 is 2.77 bits per heavy atom. The summed E-state index contributed by atoms with van der Waals surface area (Å²) in [7, 11) is 1.34. The van der Waals surface area contributed by atoms with Crippen LogP contribution < -0.4 is 11.1 Å². The number of amides is 1. The van der Waals surface area contributed by atoms with Gasteiger partial charge in [-0.1, -0.05) is 53.6 Å². The summed E-state index contributed by atoms with van der Waals surface area (Å²) in [5.41, 5.74) is 9.03. The van der Waals surface area contributed by atoms with Crippen LogP contribution in [0.3, 0.4) is 0 Å². The first-order chi connectivity index (χ1) is 18.7. The smallest absolute Gasteiger partial charge is 0.406 e. The lowest BCUT2D eigenvalue weighted by atomic mass is 9.72. The van der Waals surface area contributed by atoms with Crippen molar-refractivity contribution in [2.24, 2.45) is 17.6 Å². The largest absolute Gasteiger partial charge is 0.453 e. The molecule has 4 rings (SSSR count). The summed E-state index contributed by atoms with van der Waals surface area (Å²) in [4.78, 5) is 13.8. The molecule has 1 saturated carbocycles. The number of aliphatic hydroxyl groups excluding tert-OH is 1. The second kappa shape index (κ2) is 13.5. The van der Waals surface area contributed by atoms with Gasteiger partial charge in [-0.05, 0) is 81.0 Å². The maximum atomic E-state index is 12.6. The Labute approximate surface area is 237 Å². The molecule has 0 bridgehead atoms. The number of rotatable bonds is 10. The Balaban J connectivity index is 1.63. The predicted molar refractivity (Wildman–Crippen MR) is 155 cm³/mol. The zero-order valence-corrected chi connectivity index (χ0v) is 24.0. The third-order valence-corrected chi connectivity index (χ3v) is 9.03. The van der Waals surface area contributed by atoms with E-state index in [0.717, 1.165) is 55.3 Å². The summed E-state index contributed by atoms with van der Waals surface area (Å²) in [5.74, 6) is 0.0583. The number of halogens is 1. The van der Waals surface area contributed by atoms with Crippen molar-refractivity contribution in [3.8, 4) is 0 Å². The fourth-order valence-electron chi connectivity index (χ4n) is 6.61. The SMILES string of the molecule is COC(=O)NCCC[C@@](O)(c1cccc(Cl)c1Cc1cccc(C)c1)[C@@H]1CCCN(C(O)[C@@H]2CC[C@H](N)C2)C1. The lowest BCUT2D eigenvalue weighted by Gasteiger charge is -2.45. The third kappa shape index (κ3) is 7.33. The first kappa shape index (κ1) is 29.8. The summed E-state index contributed by atoms with van der Waals surface area (Å²) >= 11 is 6.82. The molecular weight excluding hydrogens is 514 g/mol. The van der Waals surface area contributed by atoms with E-state index in [2.05, 4.69) is 35.3 Å². The lowest BCUT2D eigenvalue weighted by molar-refractivity contribution is -0.107. The first-order valence-electron chi connectivity index (χ1n) is 14.3. The topological polar surface area (TPSA) is 108 Å². The molecular formula is C31H44ClN3O4. The van der Waals surface area contributed by atoms with Gasteiger partial charge in [0.1, 0.15) is 6.23 Å². The number of aryl methyl sites for hydroxylation is 1. The number of aliphatic hydroxyl groups is 2. The van der Waals surface area contributed by atoms with Crippen LogP contribution in [0.1, 0.15) is 67.2 Å². The van der Waals surface area contributed by atoms with Crippen LogP contribution in [0.4, 0.5) is 4.79 Å². The molecule has 214 valence electrons. The highest BCUT2D eigenvalue weighted by molar-refractivity contribution is 6.31. The van der Waals surface area contributed by atoms with E-state index < -0.39 is 17.9 Å². The molecule has 1 aliphatic heterocycles. The van der Waals surface area contributed by atoms with Gasteiger partial charge in [0.25, 0.3) is 0 Å². The molecule has 1 heterocycles. The van der Waals surface area contributed by atoms with Crippen molar-refractivity contribution < 1.29 is 19.7 Å². The lowest BCUT2D eigenvalue weighted by Crippen LogP contribution is -2.51. The molecule has 7 nitrogen and oxygen atoms in total. The van der Waals surface area contributed by atoms with Crippen molar-refractivity contribution >= 4 is 17.7 Å². The molecule has 2 aromatic rings. The second-order valence-electron chi connectivity index (χ2n) is 11.5. The third-order valence-electron chi connectivity index (χ3n) is 8.68. The van der Waals surface area contributed by atoms with E-state index in [4.69, 9.17) is 22.1 Å². The van der Waals surface area contributed by atoms with Crippen LogP contribution >= 0.6 is 11.6 Å². The van der Waals surface area contributed by atoms with Crippen LogP contribution in [0.15, 0.2) is 42.5 Å². The monoisotopic (exact) mass is 557 g/mol. The minimum atomic E-state index is -1.19. The Bertz CT molecular complexity index is 1110. The molecule has 1 saturated heterocycles. The number of nitrogens with one attached hydrogen (secondary N) is 1. The minimum Gasteiger partial charge on any atom is -0.453 e. The number of alkyl carbamates (subject to hydrolysis) is 1. The van der Waals surface area contributed by atoms with E-state index in [1.54, 1.807) is 0 Å². The highest BCUT2D eigenvalue weighted by atomic mass is 35.5. The van der Waals surface area contributed by atoms with Gasteiger partial charge in [-0.3, -0.25) is 4.90 Å². The molecule has 8 heteroatoms. The minimum absolute atomic E-state index is 0.108. The van der Waals surface area contributed by atoms with Crippen molar-refractivity contribution in [1.82, 2.24) is 10.2 Å².